The average molecular weight is 292 g/mol. The minimum atomic E-state index is 0.389. The maximum absolute atomic E-state index is 5.89. The van der Waals surface area contributed by atoms with E-state index in [4.69, 9.17) is 11.6 Å². The second kappa shape index (κ2) is 3.88. The van der Waals surface area contributed by atoms with Crippen LogP contribution in [-0.2, 0) is 0 Å². The molecule has 4 nitrogen and oxygen atoms in total. The minimum absolute atomic E-state index is 0.389. The summed E-state index contributed by atoms with van der Waals surface area (Å²) >= 11 is 10.4. The Morgan fingerprint density at radius 1 is 1.43 bits per heavy atom. The molecule has 0 amide bonds. The fraction of sp³-hybridized carbons (Fsp3) is 0.143. The van der Waals surface area contributed by atoms with Gasteiger partial charge < -0.3 is 0 Å². The molecule has 0 unspecified atom stereocenters. The largest absolute Gasteiger partial charge is 0.231 e. The van der Waals surface area contributed by atoms with Crippen LogP contribution < -0.4 is 0 Å². The molecule has 0 atom stereocenters. The van der Waals surface area contributed by atoms with E-state index in [-0.39, 0.29) is 0 Å². The monoisotopic (exact) mass is 290 g/mol. The summed E-state index contributed by atoms with van der Waals surface area (Å²) in [6.45, 7) is 1.85. The first-order chi connectivity index (χ1) is 6.68. The van der Waals surface area contributed by atoms with Crippen molar-refractivity contribution in [3.63, 3.8) is 0 Å². The smallest absolute Gasteiger partial charge is 0.182 e. The molecular weight excluding hydrogens is 288 g/mol. The van der Waals surface area contributed by atoms with E-state index in [1.54, 1.807) is 5.38 Å². The van der Waals surface area contributed by atoms with Gasteiger partial charge in [-0.05, 0) is 34.4 Å². The van der Waals surface area contributed by atoms with E-state index in [2.05, 4.69) is 35.5 Å². The molecule has 7 heteroatoms. The van der Waals surface area contributed by atoms with Crippen LogP contribution in [0.1, 0.15) is 5.69 Å². The zero-order valence-electron chi connectivity index (χ0n) is 7.03. The average Bonchev–Trinajstić information content (AvgIpc) is 2.66. The molecule has 2 aromatic heterocycles. The molecule has 14 heavy (non-hydrogen) atoms. The Morgan fingerprint density at radius 2 is 2.21 bits per heavy atom. The molecule has 0 N–H and O–H groups in total. The molecule has 0 aliphatic heterocycles. The first-order valence-electron chi connectivity index (χ1n) is 3.65. The summed E-state index contributed by atoms with van der Waals surface area (Å²) < 4.78 is 4.45. The van der Waals surface area contributed by atoms with Crippen molar-refractivity contribution in [2.45, 2.75) is 6.92 Å². The SMILES string of the molecule is Cc1nc(-c2csnn2)nc(Cl)c1Br. The summed E-state index contributed by atoms with van der Waals surface area (Å²) in [5, 5.41) is 6.03. The number of nitrogens with zero attached hydrogens (tertiary/aromatic N) is 4. The van der Waals surface area contributed by atoms with Crippen LogP contribution in [0.5, 0.6) is 0 Å². The highest BCUT2D eigenvalue weighted by Crippen LogP contribution is 2.25. The number of hydrogen-bond donors (Lipinski definition) is 0. The number of halogens is 2. The second-order valence-electron chi connectivity index (χ2n) is 2.53. The molecule has 0 aromatic carbocycles. The molecule has 0 aliphatic carbocycles. The van der Waals surface area contributed by atoms with Gasteiger partial charge in [-0.2, -0.15) is 0 Å². The van der Waals surface area contributed by atoms with Crippen LogP contribution in [0.4, 0.5) is 0 Å². The number of aromatic nitrogens is 4. The van der Waals surface area contributed by atoms with Crippen molar-refractivity contribution in [3.8, 4) is 11.5 Å². The quantitative estimate of drug-likeness (QED) is 0.758. The van der Waals surface area contributed by atoms with Crippen molar-refractivity contribution >= 4 is 39.1 Å². The lowest BCUT2D eigenvalue weighted by molar-refractivity contribution is 1.05. The number of hydrogen-bond acceptors (Lipinski definition) is 5. The molecule has 0 radical (unpaired) electrons. The fourth-order valence-corrected chi connectivity index (χ4v) is 1.73. The zero-order chi connectivity index (χ0) is 10.1. The van der Waals surface area contributed by atoms with Crippen molar-refractivity contribution in [2.75, 3.05) is 0 Å². The molecular formula is C7H4BrClN4S. The summed E-state index contributed by atoms with van der Waals surface area (Å²) in [4.78, 5) is 8.33. The lowest BCUT2D eigenvalue weighted by Gasteiger charge is -2.01. The Labute approximate surface area is 97.7 Å². The minimum Gasteiger partial charge on any atom is -0.231 e. The van der Waals surface area contributed by atoms with Crippen LogP contribution in [0.3, 0.4) is 0 Å². The van der Waals surface area contributed by atoms with Gasteiger partial charge in [-0.3, -0.25) is 0 Å². The topological polar surface area (TPSA) is 51.6 Å². The molecule has 0 aliphatic rings. The molecule has 72 valence electrons. The van der Waals surface area contributed by atoms with Crippen molar-refractivity contribution in [2.24, 2.45) is 0 Å². The van der Waals surface area contributed by atoms with Gasteiger partial charge in [-0.1, -0.05) is 16.1 Å². The van der Waals surface area contributed by atoms with E-state index < -0.39 is 0 Å². The van der Waals surface area contributed by atoms with Gasteiger partial charge in [0.15, 0.2) is 5.82 Å². The number of rotatable bonds is 1. The second-order valence-corrected chi connectivity index (χ2v) is 4.29. The van der Waals surface area contributed by atoms with E-state index in [1.807, 2.05) is 6.92 Å². The normalized spacial score (nSPS) is 10.5. The van der Waals surface area contributed by atoms with Gasteiger partial charge >= 0.3 is 0 Å². The van der Waals surface area contributed by atoms with Gasteiger partial charge in [0, 0.05) is 5.38 Å². The first-order valence-corrected chi connectivity index (χ1v) is 5.66. The molecule has 0 fully saturated rings. The standard InChI is InChI=1S/C7H4BrClN4S/c1-3-5(8)6(9)11-7(10-3)4-2-14-13-12-4/h2H,1H3. The van der Waals surface area contributed by atoms with Gasteiger partial charge in [-0.25, -0.2) is 9.97 Å². The molecule has 0 spiro atoms. The summed E-state index contributed by atoms with van der Waals surface area (Å²) in [6.07, 6.45) is 0. The van der Waals surface area contributed by atoms with Gasteiger partial charge in [0.05, 0.1) is 10.2 Å². The highest BCUT2D eigenvalue weighted by Gasteiger charge is 2.10. The fourth-order valence-electron chi connectivity index (χ4n) is 0.901. The predicted molar refractivity (Wildman–Crippen MR) is 58.4 cm³/mol. The summed E-state index contributed by atoms with van der Waals surface area (Å²) in [6, 6.07) is 0. The van der Waals surface area contributed by atoms with E-state index in [0.717, 1.165) is 5.69 Å². The van der Waals surface area contributed by atoms with Crippen LogP contribution >= 0.6 is 39.1 Å². The van der Waals surface area contributed by atoms with E-state index in [1.165, 1.54) is 11.5 Å². The molecule has 2 aromatic rings. The van der Waals surface area contributed by atoms with Crippen LogP contribution in [0.15, 0.2) is 9.85 Å². The Morgan fingerprint density at radius 3 is 2.79 bits per heavy atom. The highest BCUT2D eigenvalue weighted by atomic mass is 79.9. The number of aryl methyl sites for hydroxylation is 1. The molecule has 2 rings (SSSR count). The first kappa shape index (κ1) is 9.95. The van der Waals surface area contributed by atoms with E-state index in [0.29, 0.717) is 21.1 Å². The van der Waals surface area contributed by atoms with Crippen LogP contribution in [-0.4, -0.2) is 19.6 Å². The van der Waals surface area contributed by atoms with Gasteiger partial charge in [-0.15, -0.1) is 5.10 Å². The Kier molecular flexibility index (Phi) is 2.76. The Hall–Kier alpha value is -0.590. The van der Waals surface area contributed by atoms with Gasteiger partial charge in [0.25, 0.3) is 0 Å². The molecule has 0 saturated carbocycles. The third-order valence-corrected chi connectivity index (χ3v) is 3.52. The third-order valence-electron chi connectivity index (χ3n) is 1.57. The maximum atomic E-state index is 5.89. The third kappa shape index (κ3) is 1.77. The Bertz CT molecular complexity index is 436. The Balaban J connectivity index is 2.57. The maximum Gasteiger partial charge on any atom is 0.182 e. The molecule has 2 heterocycles. The van der Waals surface area contributed by atoms with E-state index in [9.17, 15) is 0 Å². The lowest BCUT2D eigenvalue weighted by Crippen LogP contribution is -1.94. The predicted octanol–water partition coefficient (Wildman–Crippen LogP) is 2.72. The van der Waals surface area contributed by atoms with E-state index >= 15 is 0 Å². The van der Waals surface area contributed by atoms with Crippen LogP contribution in [0.25, 0.3) is 11.5 Å². The lowest BCUT2D eigenvalue weighted by atomic mass is 10.4. The molecule has 0 saturated heterocycles. The van der Waals surface area contributed by atoms with Crippen molar-refractivity contribution < 1.29 is 0 Å². The van der Waals surface area contributed by atoms with Crippen LogP contribution in [0, 0.1) is 6.92 Å². The van der Waals surface area contributed by atoms with Gasteiger partial charge in [0.1, 0.15) is 10.8 Å². The van der Waals surface area contributed by atoms with Crippen molar-refractivity contribution in [3.05, 3.63) is 20.7 Å². The zero-order valence-corrected chi connectivity index (χ0v) is 10.2. The highest BCUT2D eigenvalue weighted by molar-refractivity contribution is 9.10. The molecule has 0 bridgehead atoms. The summed E-state index contributed by atoms with van der Waals surface area (Å²) in [5.74, 6) is 0.504. The summed E-state index contributed by atoms with van der Waals surface area (Å²) in [7, 11) is 0. The van der Waals surface area contributed by atoms with Crippen molar-refractivity contribution in [1.82, 2.24) is 19.6 Å². The summed E-state index contributed by atoms with van der Waals surface area (Å²) in [5.41, 5.74) is 1.43. The van der Waals surface area contributed by atoms with Crippen molar-refractivity contribution in [1.29, 1.82) is 0 Å². The van der Waals surface area contributed by atoms with Crippen LogP contribution in [0.2, 0.25) is 5.15 Å². The van der Waals surface area contributed by atoms with Gasteiger partial charge in [0.2, 0.25) is 0 Å².